The minimum atomic E-state index is -3.22. The van der Waals surface area contributed by atoms with Gasteiger partial charge in [0, 0.05) is 10.6 Å². The zero-order valence-corrected chi connectivity index (χ0v) is 15.8. The van der Waals surface area contributed by atoms with Crippen molar-refractivity contribution < 1.29 is 13.2 Å². The summed E-state index contributed by atoms with van der Waals surface area (Å²) in [5.41, 5.74) is 2.61. The fourth-order valence-corrected chi connectivity index (χ4v) is 4.71. The lowest BCUT2D eigenvalue weighted by atomic mass is 10.1. The van der Waals surface area contributed by atoms with E-state index >= 15 is 0 Å². The maximum absolute atomic E-state index is 12.6. The molecule has 0 bridgehead atoms. The first-order valence-corrected chi connectivity index (χ1v) is 10.5. The number of para-hydroxylation sites is 1. The molecule has 138 valence electrons. The molecule has 4 rings (SSSR count). The molecule has 3 aromatic rings. The van der Waals surface area contributed by atoms with E-state index in [1.54, 1.807) is 28.9 Å². The summed E-state index contributed by atoms with van der Waals surface area (Å²) in [5, 5.41) is 7.89. The predicted octanol–water partition coefficient (Wildman–Crippen LogP) is 3.14. The van der Waals surface area contributed by atoms with Crippen LogP contribution in [0.2, 0.25) is 5.02 Å². The van der Waals surface area contributed by atoms with Crippen molar-refractivity contribution in [2.45, 2.75) is 17.9 Å². The second-order valence-corrected chi connectivity index (χ2v) is 8.91. The van der Waals surface area contributed by atoms with Crippen LogP contribution in [0, 0.1) is 0 Å². The lowest BCUT2D eigenvalue weighted by Crippen LogP contribution is -2.18. The molecule has 0 spiro atoms. The number of rotatable bonds is 4. The van der Waals surface area contributed by atoms with Gasteiger partial charge in [0.15, 0.2) is 9.84 Å². The third-order valence-electron chi connectivity index (χ3n) is 4.32. The number of aromatic nitrogens is 2. The monoisotopic (exact) mass is 401 g/mol. The van der Waals surface area contributed by atoms with E-state index < -0.39 is 9.84 Å². The van der Waals surface area contributed by atoms with Crippen LogP contribution in [0.5, 0.6) is 0 Å². The van der Waals surface area contributed by atoms with E-state index in [1.165, 1.54) is 0 Å². The molecule has 1 amide bonds. The molecule has 0 atom stereocenters. The lowest BCUT2D eigenvalue weighted by molar-refractivity contribution is -0.115. The van der Waals surface area contributed by atoms with E-state index in [4.69, 9.17) is 11.6 Å². The minimum absolute atomic E-state index is 0.109. The Morgan fingerprint density at radius 3 is 2.48 bits per heavy atom. The molecule has 0 radical (unpaired) electrons. The lowest BCUT2D eigenvalue weighted by Gasteiger charge is -2.11. The number of amides is 1. The normalized spacial score (nSPS) is 14.7. The third-order valence-corrected chi connectivity index (χ3v) is 6.02. The summed E-state index contributed by atoms with van der Waals surface area (Å²) in [6.07, 6.45) is 0.151. The Bertz CT molecular complexity index is 1110. The number of anilines is 1. The highest BCUT2D eigenvalue weighted by Crippen LogP contribution is 2.33. The molecule has 27 heavy (non-hydrogen) atoms. The Hall–Kier alpha value is -2.64. The van der Waals surface area contributed by atoms with Gasteiger partial charge in [-0.05, 0) is 29.8 Å². The van der Waals surface area contributed by atoms with Crippen molar-refractivity contribution in [2.24, 2.45) is 0 Å². The number of hydrogen-bond donors (Lipinski definition) is 1. The Kier molecular flexibility index (Phi) is 4.49. The van der Waals surface area contributed by atoms with Gasteiger partial charge in [0.25, 0.3) is 0 Å². The molecule has 1 N–H and O–H groups in total. The highest BCUT2D eigenvalue weighted by atomic mass is 35.5. The zero-order valence-electron chi connectivity index (χ0n) is 14.2. The molecule has 1 aliphatic rings. The topological polar surface area (TPSA) is 81.1 Å². The van der Waals surface area contributed by atoms with E-state index in [9.17, 15) is 13.2 Å². The van der Waals surface area contributed by atoms with Gasteiger partial charge in [-0.1, -0.05) is 41.9 Å². The van der Waals surface area contributed by atoms with Crippen molar-refractivity contribution in [3.63, 3.8) is 0 Å². The standard InChI is InChI=1S/C19H16ClN3O3S/c20-14-8-6-13(7-9-14)10-18(24)21-19-16-11-27(25,26)12-17(16)22-23(19)15-4-2-1-3-5-15/h1-9H,10-12H2,(H,21,24). The van der Waals surface area contributed by atoms with Crippen LogP contribution >= 0.6 is 11.6 Å². The number of carbonyl (C=O) groups is 1. The number of carbonyl (C=O) groups excluding carboxylic acids is 1. The van der Waals surface area contributed by atoms with Crippen molar-refractivity contribution in [3.8, 4) is 5.69 Å². The summed E-state index contributed by atoms with van der Waals surface area (Å²) < 4.78 is 25.6. The van der Waals surface area contributed by atoms with Gasteiger partial charge < -0.3 is 5.32 Å². The first kappa shape index (κ1) is 17.8. The first-order chi connectivity index (χ1) is 12.9. The molecule has 2 aromatic carbocycles. The van der Waals surface area contributed by atoms with Gasteiger partial charge in [0.2, 0.25) is 5.91 Å². The van der Waals surface area contributed by atoms with Crippen molar-refractivity contribution >= 4 is 33.2 Å². The number of benzene rings is 2. The summed E-state index contributed by atoms with van der Waals surface area (Å²) in [4.78, 5) is 12.6. The Morgan fingerprint density at radius 2 is 1.78 bits per heavy atom. The average Bonchev–Trinajstić information content (AvgIpc) is 3.10. The van der Waals surface area contributed by atoms with Crippen LogP contribution in [0.25, 0.3) is 5.69 Å². The molecule has 0 aliphatic carbocycles. The summed E-state index contributed by atoms with van der Waals surface area (Å²) in [6.45, 7) is 0. The third kappa shape index (κ3) is 3.74. The first-order valence-electron chi connectivity index (χ1n) is 8.32. The summed E-state index contributed by atoms with van der Waals surface area (Å²) in [6, 6.07) is 16.3. The van der Waals surface area contributed by atoms with E-state index in [1.807, 2.05) is 30.3 Å². The van der Waals surface area contributed by atoms with Gasteiger partial charge in [0.1, 0.15) is 5.82 Å². The molecule has 8 heteroatoms. The van der Waals surface area contributed by atoms with Gasteiger partial charge in [-0.3, -0.25) is 4.79 Å². The van der Waals surface area contributed by atoms with Gasteiger partial charge >= 0.3 is 0 Å². The van der Waals surface area contributed by atoms with Crippen LogP contribution in [0.4, 0.5) is 5.82 Å². The molecule has 0 saturated carbocycles. The fraction of sp³-hybridized carbons (Fsp3) is 0.158. The molecule has 0 saturated heterocycles. The SMILES string of the molecule is O=C(Cc1ccc(Cl)cc1)Nc1c2c(nn1-c1ccccc1)CS(=O)(=O)C2. The van der Waals surface area contributed by atoms with Gasteiger partial charge in [-0.25, -0.2) is 13.1 Å². The van der Waals surface area contributed by atoms with Gasteiger partial charge in [0.05, 0.1) is 29.3 Å². The molecular formula is C19H16ClN3O3S. The fourth-order valence-electron chi connectivity index (χ4n) is 3.09. The minimum Gasteiger partial charge on any atom is -0.310 e. The number of sulfone groups is 1. The number of nitrogens with one attached hydrogen (secondary N) is 1. The Labute approximate surface area is 161 Å². The molecule has 0 unspecified atom stereocenters. The van der Waals surface area contributed by atoms with Crippen LogP contribution in [0.3, 0.4) is 0 Å². The van der Waals surface area contributed by atoms with Crippen molar-refractivity contribution in [2.75, 3.05) is 5.32 Å². The second kappa shape index (κ2) is 6.83. The van der Waals surface area contributed by atoms with Gasteiger partial charge in [-0.2, -0.15) is 5.10 Å². The summed E-state index contributed by atoms with van der Waals surface area (Å²) in [7, 11) is -3.22. The van der Waals surface area contributed by atoms with Crippen LogP contribution < -0.4 is 5.32 Å². The van der Waals surface area contributed by atoms with Crippen LogP contribution in [-0.2, 0) is 32.6 Å². The number of fused-ring (bicyclic) bond motifs is 1. The number of halogens is 1. The molecule has 1 aliphatic heterocycles. The van der Waals surface area contributed by atoms with Gasteiger partial charge in [-0.15, -0.1) is 0 Å². The molecule has 0 fully saturated rings. The van der Waals surface area contributed by atoms with E-state index in [0.717, 1.165) is 11.3 Å². The van der Waals surface area contributed by atoms with Crippen LogP contribution in [-0.4, -0.2) is 24.1 Å². The van der Waals surface area contributed by atoms with Crippen molar-refractivity contribution in [3.05, 3.63) is 76.4 Å². The maximum Gasteiger partial charge on any atom is 0.229 e. The summed E-state index contributed by atoms with van der Waals surface area (Å²) >= 11 is 5.87. The average molecular weight is 402 g/mol. The molecule has 2 heterocycles. The Morgan fingerprint density at radius 1 is 1.07 bits per heavy atom. The largest absolute Gasteiger partial charge is 0.310 e. The van der Waals surface area contributed by atoms with Crippen molar-refractivity contribution in [1.29, 1.82) is 0 Å². The smallest absolute Gasteiger partial charge is 0.229 e. The number of nitrogens with zero attached hydrogens (tertiary/aromatic N) is 2. The Balaban J connectivity index is 1.66. The molecule has 6 nitrogen and oxygen atoms in total. The van der Waals surface area contributed by atoms with Crippen LogP contribution in [0.1, 0.15) is 16.8 Å². The van der Waals surface area contributed by atoms with E-state index in [0.29, 0.717) is 22.1 Å². The maximum atomic E-state index is 12.6. The van der Waals surface area contributed by atoms with Crippen molar-refractivity contribution in [1.82, 2.24) is 9.78 Å². The van der Waals surface area contributed by atoms with Crippen LogP contribution in [0.15, 0.2) is 54.6 Å². The molecule has 1 aromatic heterocycles. The van der Waals surface area contributed by atoms with E-state index in [2.05, 4.69) is 10.4 Å². The number of hydrogen-bond acceptors (Lipinski definition) is 4. The predicted molar refractivity (Wildman–Crippen MR) is 104 cm³/mol. The zero-order chi connectivity index (χ0) is 19.0. The summed E-state index contributed by atoms with van der Waals surface area (Å²) in [5.74, 6) is -0.0637. The quantitative estimate of drug-likeness (QED) is 0.728. The second-order valence-electron chi connectivity index (χ2n) is 6.40. The van der Waals surface area contributed by atoms with E-state index in [-0.39, 0.29) is 23.8 Å². The highest BCUT2D eigenvalue weighted by Gasteiger charge is 2.33. The molecular weight excluding hydrogens is 386 g/mol. The highest BCUT2D eigenvalue weighted by molar-refractivity contribution is 7.90.